The first-order chi connectivity index (χ1) is 18.3. The summed E-state index contributed by atoms with van der Waals surface area (Å²) in [6, 6.07) is 12.3. The summed E-state index contributed by atoms with van der Waals surface area (Å²) in [7, 11) is 4.01. The van der Waals surface area contributed by atoms with E-state index in [0.29, 0.717) is 45.3 Å². The largest absolute Gasteiger partial charge is 0.508 e. The highest BCUT2D eigenvalue weighted by molar-refractivity contribution is 5.96. The number of carbonyl (C=O) groups excluding carboxylic acids is 1. The molecule has 0 radical (unpaired) electrons. The summed E-state index contributed by atoms with van der Waals surface area (Å²) in [5, 5.41) is 12.6. The quantitative estimate of drug-likeness (QED) is 0.480. The van der Waals surface area contributed by atoms with E-state index in [4.69, 9.17) is 14.7 Å². The van der Waals surface area contributed by atoms with Gasteiger partial charge in [0.2, 0.25) is 5.91 Å². The van der Waals surface area contributed by atoms with Crippen molar-refractivity contribution in [2.24, 2.45) is 0 Å². The van der Waals surface area contributed by atoms with E-state index in [-0.39, 0.29) is 17.7 Å². The van der Waals surface area contributed by atoms with Crippen molar-refractivity contribution in [3.63, 3.8) is 0 Å². The third-order valence-electron chi connectivity index (χ3n) is 7.37. The fourth-order valence-electron chi connectivity index (χ4n) is 5.31. The Balaban J connectivity index is 1.49. The van der Waals surface area contributed by atoms with Crippen molar-refractivity contribution in [3.8, 4) is 11.8 Å². The van der Waals surface area contributed by atoms with E-state index in [0.717, 1.165) is 46.5 Å². The maximum Gasteiger partial charge on any atom is 0.318 e. The van der Waals surface area contributed by atoms with E-state index in [2.05, 4.69) is 34.3 Å². The summed E-state index contributed by atoms with van der Waals surface area (Å²) in [6.07, 6.45) is 2.14. The highest BCUT2D eigenvalue weighted by atomic mass is 16.5. The molecule has 0 spiro atoms. The van der Waals surface area contributed by atoms with Crippen LogP contribution in [0.5, 0.6) is 11.8 Å². The Morgan fingerprint density at radius 1 is 1.18 bits per heavy atom. The van der Waals surface area contributed by atoms with Crippen molar-refractivity contribution in [2.75, 3.05) is 63.2 Å². The minimum atomic E-state index is -0.0373. The molecular formula is C29H36N6O3. The maximum atomic E-state index is 12.1. The number of phenols is 1. The van der Waals surface area contributed by atoms with Crippen LogP contribution in [0.1, 0.15) is 18.2 Å². The number of hydrogen-bond donors (Lipinski definition) is 1. The number of nitrogens with zero attached hydrogens (tertiary/aromatic N) is 6. The Hall–Kier alpha value is -3.85. The summed E-state index contributed by atoms with van der Waals surface area (Å²) in [6.45, 7) is 10.3. The summed E-state index contributed by atoms with van der Waals surface area (Å²) < 4.78 is 6.02. The molecule has 9 nitrogen and oxygen atoms in total. The molecule has 38 heavy (non-hydrogen) atoms. The molecule has 3 aromatic rings. The molecule has 1 unspecified atom stereocenters. The van der Waals surface area contributed by atoms with Gasteiger partial charge in [0.15, 0.2) is 0 Å². The van der Waals surface area contributed by atoms with Crippen LogP contribution in [0.3, 0.4) is 0 Å². The summed E-state index contributed by atoms with van der Waals surface area (Å²) in [4.78, 5) is 30.3. The minimum absolute atomic E-state index is 0.0373. The minimum Gasteiger partial charge on any atom is -0.508 e. The average Bonchev–Trinajstić information content (AvgIpc) is 2.91. The van der Waals surface area contributed by atoms with Crippen LogP contribution in [0.2, 0.25) is 0 Å². The van der Waals surface area contributed by atoms with Crippen molar-refractivity contribution in [2.45, 2.75) is 25.9 Å². The number of ether oxygens (including phenoxy) is 1. The zero-order chi connectivity index (χ0) is 26.8. The molecule has 1 amide bonds. The van der Waals surface area contributed by atoms with Crippen LogP contribution < -0.4 is 14.5 Å². The number of likely N-dealkylation sites (N-methyl/N-ethyl adjacent to an activating group) is 1. The smallest absolute Gasteiger partial charge is 0.318 e. The Morgan fingerprint density at radius 2 is 1.95 bits per heavy atom. The SMILES string of the molecule is C=CC(=O)N1CCN(c2nc(OCCN(C)C)nc3c2CC(C)N(c2cc(O)cc4ccccc24)C3)CC1. The highest BCUT2D eigenvalue weighted by Gasteiger charge is 2.32. The van der Waals surface area contributed by atoms with Crippen LogP contribution in [0.4, 0.5) is 11.5 Å². The zero-order valence-corrected chi connectivity index (χ0v) is 22.4. The lowest BCUT2D eigenvalue weighted by Crippen LogP contribution is -2.49. The average molecular weight is 517 g/mol. The molecule has 1 N–H and O–H groups in total. The van der Waals surface area contributed by atoms with E-state index < -0.39 is 0 Å². The number of carbonyl (C=O) groups is 1. The second kappa shape index (κ2) is 10.9. The molecule has 2 aliphatic rings. The number of aromatic nitrogens is 2. The maximum absolute atomic E-state index is 12.1. The standard InChI is InChI=1S/C29H36N6O3/c1-5-27(37)33-10-12-34(13-11-33)28-24-16-20(2)35(19-25(24)30-29(31-28)38-15-14-32(3)4)26-18-22(36)17-21-8-6-7-9-23(21)26/h5-9,17-18,20,36H,1,10-16,19H2,2-4H3. The Kier molecular flexibility index (Phi) is 7.37. The Morgan fingerprint density at radius 3 is 2.68 bits per heavy atom. The van der Waals surface area contributed by atoms with E-state index in [1.807, 2.05) is 43.3 Å². The molecule has 0 bridgehead atoms. The van der Waals surface area contributed by atoms with Crippen LogP contribution in [0.25, 0.3) is 10.8 Å². The molecule has 1 aromatic heterocycles. The van der Waals surface area contributed by atoms with Gasteiger partial charge < -0.3 is 29.4 Å². The fourth-order valence-corrected chi connectivity index (χ4v) is 5.31. The van der Waals surface area contributed by atoms with Crippen molar-refractivity contribution in [1.82, 2.24) is 19.8 Å². The van der Waals surface area contributed by atoms with Gasteiger partial charge in [0.25, 0.3) is 0 Å². The number of aromatic hydroxyl groups is 1. The normalized spacial score (nSPS) is 17.6. The summed E-state index contributed by atoms with van der Waals surface area (Å²) >= 11 is 0. The first-order valence-corrected chi connectivity index (χ1v) is 13.2. The molecule has 1 atom stereocenters. The second-order valence-electron chi connectivity index (χ2n) is 10.3. The van der Waals surface area contributed by atoms with Crippen molar-refractivity contribution in [3.05, 3.63) is 60.3 Å². The Labute approximate surface area is 223 Å². The van der Waals surface area contributed by atoms with Gasteiger partial charge in [-0.15, -0.1) is 0 Å². The zero-order valence-electron chi connectivity index (χ0n) is 22.4. The van der Waals surface area contributed by atoms with Gasteiger partial charge in [0.05, 0.1) is 12.2 Å². The van der Waals surface area contributed by atoms with E-state index >= 15 is 0 Å². The number of fused-ring (bicyclic) bond motifs is 2. The lowest BCUT2D eigenvalue weighted by atomic mass is 9.96. The predicted octanol–water partition coefficient (Wildman–Crippen LogP) is 3.06. The predicted molar refractivity (Wildman–Crippen MR) is 150 cm³/mol. The molecule has 0 aliphatic carbocycles. The number of anilines is 2. The van der Waals surface area contributed by atoms with Crippen molar-refractivity contribution >= 4 is 28.2 Å². The van der Waals surface area contributed by atoms with Gasteiger partial charge in [0.1, 0.15) is 18.2 Å². The monoisotopic (exact) mass is 516 g/mol. The molecule has 3 heterocycles. The third kappa shape index (κ3) is 5.24. The van der Waals surface area contributed by atoms with E-state index in [1.165, 1.54) is 6.08 Å². The van der Waals surface area contributed by atoms with Gasteiger partial charge in [-0.3, -0.25) is 4.79 Å². The van der Waals surface area contributed by atoms with Gasteiger partial charge in [-0.25, -0.2) is 0 Å². The van der Waals surface area contributed by atoms with Crippen molar-refractivity contribution < 1.29 is 14.6 Å². The molecule has 1 saturated heterocycles. The van der Waals surface area contributed by atoms with Crippen LogP contribution >= 0.6 is 0 Å². The first kappa shape index (κ1) is 25.8. The number of phenolic OH excluding ortho intramolecular Hbond substituents is 1. The number of piperazine rings is 1. The van der Waals surface area contributed by atoms with Crippen LogP contribution in [-0.2, 0) is 17.8 Å². The number of hydrogen-bond acceptors (Lipinski definition) is 8. The molecule has 9 heteroatoms. The summed E-state index contributed by atoms with van der Waals surface area (Å²) in [5.74, 6) is 1.11. The fraction of sp³-hybridized carbons (Fsp3) is 0.414. The molecule has 1 fully saturated rings. The highest BCUT2D eigenvalue weighted by Crippen LogP contribution is 2.38. The molecular weight excluding hydrogens is 480 g/mol. The summed E-state index contributed by atoms with van der Waals surface area (Å²) in [5.41, 5.74) is 3.05. The van der Waals surface area contributed by atoms with Gasteiger partial charge >= 0.3 is 6.01 Å². The van der Waals surface area contributed by atoms with Crippen LogP contribution in [0, 0.1) is 0 Å². The second-order valence-corrected chi connectivity index (χ2v) is 10.3. The van der Waals surface area contributed by atoms with Gasteiger partial charge in [-0.1, -0.05) is 30.8 Å². The van der Waals surface area contributed by atoms with E-state index in [9.17, 15) is 9.90 Å². The molecule has 2 aliphatic heterocycles. The first-order valence-electron chi connectivity index (χ1n) is 13.2. The topological polar surface area (TPSA) is 85.3 Å². The number of benzene rings is 2. The number of rotatable bonds is 7. The van der Waals surface area contributed by atoms with Crippen LogP contribution in [0.15, 0.2) is 49.1 Å². The van der Waals surface area contributed by atoms with Gasteiger partial charge in [-0.2, -0.15) is 9.97 Å². The van der Waals surface area contributed by atoms with Crippen molar-refractivity contribution in [1.29, 1.82) is 0 Å². The van der Waals surface area contributed by atoms with Crippen LogP contribution in [-0.4, -0.2) is 90.2 Å². The van der Waals surface area contributed by atoms with Gasteiger partial charge in [-0.05, 0) is 45.0 Å². The lowest BCUT2D eigenvalue weighted by Gasteiger charge is -2.40. The molecule has 200 valence electrons. The van der Waals surface area contributed by atoms with Gasteiger partial charge in [0, 0.05) is 61.5 Å². The Bertz CT molecular complexity index is 1340. The molecule has 2 aromatic carbocycles. The number of amides is 1. The molecule has 5 rings (SSSR count). The van der Waals surface area contributed by atoms with E-state index in [1.54, 1.807) is 6.07 Å². The lowest BCUT2D eigenvalue weighted by molar-refractivity contribution is -0.126. The molecule has 0 saturated carbocycles. The third-order valence-corrected chi connectivity index (χ3v) is 7.37.